The highest BCUT2D eigenvalue weighted by Gasteiger charge is 2.34. The monoisotopic (exact) mass is 1820 g/mol. The van der Waals surface area contributed by atoms with E-state index in [1.165, 1.54) is 71.6 Å². The molecule has 26 heteroatoms. The Labute approximate surface area is 779 Å². The number of ether oxygens (including phenoxy) is 16. The Morgan fingerprint density at radius 1 is 0.433 bits per heavy atom. The molecular weight excluding hydrogens is 1710 g/mol. The fourth-order valence-corrected chi connectivity index (χ4v) is 16.1. The van der Waals surface area contributed by atoms with Gasteiger partial charge in [-0.3, -0.25) is 19.2 Å². The number of nitrogens with zero attached hydrogens (tertiary/aromatic N) is 3. The van der Waals surface area contributed by atoms with Gasteiger partial charge in [0.25, 0.3) is 11.1 Å². The van der Waals surface area contributed by atoms with E-state index in [0.717, 1.165) is 85.6 Å². The zero-order chi connectivity index (χ0) is 97.8. The van der Waals surface area contributed by atoms with Crippen LogP contribution in [0.4, 0.5) is 0 Å². The first-order valence-corrected chi connectivity index (χ1v) is 43.0. The van der Waals surface area contributed by atoms with Crippen LogP contribution in [0.2, 0.25) is 0 Å². The molecule has 12 aromatic rings. The van der Waals surface area contributed by atoms with E-state index in [4.69, 9.17) is 80.2 Å². The summed E-state index contributed by atoms with van der Waals surface area (Å²) >= 11 is 0. The number of aryl methyl sites for hydroxylation is 4. The highest BCUT2D eigenvalue weighted by Crippen LogP contribution is 2.53. The smallest absolute Gasteiger partial charge is 0.347 e. The molecule has 0 spiro atoms. The Morgan fingerprint density at radius 2 is 0.896 bits per heavy atom. The van der Waals surface area contributed by atoms with Crippen LogP contribution in [0.15, 0.2) is 211 Å². The van der Waals surface area contributed by atoms with Crippen molar-refractivity contribution in [2.24, 2.45) is 21.1 Å². The highest BCUT2D eigenvalue weighted by molar-refractivity contribution is 6.10. The molecule has 0 radical (unpaired) electrons. The van der Waals surface area contributed by atoms with Gasteiger partial charge in [-0.05, 0) is 191 Å². The van der Waals surface area contributed by atoms with E-state index < -0.39 is 16.8 Å². The Kier molecular flexibility index (Phi) is 31.4. The minimum absolute atomic E-state index is 0.0342. The maximum Gasteiger partial charge on any atom is 0.347 e. The molecule has 134 heavy (non-hydrogen) atoms. The van der Waals surface area contributed by atoms with Crippen LogP contribution >= 0.6 is 0 Å². The number of carbonyl (C=O) groups excluding carboxylic acids is 1. The third-order valence-electron chi connectivity index (χ3n) is 22.5. The summed E-state index contributed by atoms with van der Waals surface area (Å²) in [6.45, 7) is 29.3. The molecule has 0 saturated heterocycles. The van der Waals surface area contributed by atoms with Crippen molar-refractivity contribution in [1.29, 1.82) is 0 Å². The zero-order valence-electron chi connectivity index (χ0n) is 81.0. The van der Waals surface area contributed by atoms with Crippen molar-refractivity contribution in [2.75, 3.05) is 85.3 Å². The van der Waals surface area contributed by atoms with Crippen molar-refractivity contribution in [2.45, 2.75) is 107 Å². The number of ketones is 1. The van der Waals surface area contributed by atoms with Gasteiger partial charge in [-0.15, -0.1) is 0 Å². The maximum absolute atomic E-state index is 13.1. The molecule has 0 fully saturated rings. The predicted octanol–water partition coefficient (Wildman–Crippen LogP) is 21.3. The lowest BCUT2D eigenvalue weighted by Gasteiger charge is -2.30. The van der Waals surface area contributed by atoms with Gasteiger partial charge in [-0.2, -0.15) is 0 Å². The number of para-hydroxylation sites is 3. The Morgan fingerprint density at radius 3 is 1.40 bits per heavy atom. The van der Waals surface area contributed by atoms with Crippen molar-refractivity contribution >= 4 is 84.7 Å². The molecule has 8 aromatic carbocycles. The minimum Gasteiger partial charge on any atom is -0.506 e. The number of aromatic hydroxyl groups is 1. The summed E-state index contributed by atoms with van der Waals surface area (Å²) in [7, 11) is 24.0. The summed E-state index contributed by atoms with van der Waals surface area (Å²) in [6, 6.07) is 31.4. The number of benzene rings is 8. The average Bonchev–Trinajstić information content (AvgIpc) is 0.732. The first-order chi connectivity index (χ1) is 63.9. The molecule has 4 aromatic heterocycles. The van der Waals surface area contributed by atoms with Crippen LogP contribution in [-0.2, 0) is 40.4 Å². The van der Waals surface area contributed by atoms with Gasteiger partial charge in [0.05, 0.1) is 135 Å². The number of rotatable bonds is 20. The lowest BCUT2D eigenvalue weighted by atomic mass is 9.97. The van der Waals surface area contributed by atoms with Crippen LogP contribution in [0.1, 0.15) is 125 Å². The summed E-state index contributed by atoms with van der Waals surface area (Å²) in [6.07, 6.45) is 23.3. The van der Waals surface area contributed by atoms with Crippen molar-refractivity contribution in [3.63, 3.8) is 0 Å². The highest BCUT2D eigenvalue weighted by atomic mass is 16.6. The van der Waals surface area contributed by atoms with E-state index in [9.17, 15) is 29.1 Å². The Hall–Kier alpha value is -15.2. The normalized spacial score (nSPS) is 12.8. The molecule has 0 unspecified atom stereocenters. The number of aromatic nitrogens is 3. The third-order valence-corrected chi connectivity index (χ3v) is 22.5. The van der Waals surface area contributed by atoms with Crippen LogP contribution in [-0.4, -0.2) is 121 Å². The van der Waals surface area contributed by atoms with E-state index in [-0.39, 0.29) is 50.6 Å². The minimum atomic E-state index is -0.609. The lowest BCUT2D eigenvalue weighted by Crippen LogP contribution is -2.27. The second kappa shape index (κ2) is 42.3. The fraction of sp³-hybridized carbons (Fsp3) is 0.287. The molecule has 0 atom stereocenters. The average molecular weight is 1830 g/mol. The number of pyridine rings is 3. The summed E-state index contributed by atoms with van der Waals surface area (Å²) in [5, 5.41) is 13.9. The van der Waals surface area contributed by atoms with E-state index in [2.05, 4.69) is 40.0 Å². The lowest BCUT2D eigenvalue weighted by molar-refractivity contribution is 0.104. The van der Waals surface area contributed by atoms with Gasteiger partial charge in [0.15, 0.2) is 17.3 Å². The third kappa shape index (κ3) is 20.3. The number of fused-ring (bicyclic) bond motifs is 9. The van der Waals surface area contributed by atoms with Gasteiger partial charge in [0, 0.05) is 61.1 Å². The van der Waals surface area contributed by atoms with Crippen LogP contribution in [0.25, 0.3) is 90.0 Å². The van der Waals surface area contributed by atoms with Crippen LogP contribution in [0.3, 0.4) is 0 Å². The summed E-state index contributed by atoms with van der Waals surface area (Å²) in [5.41, 5.74) is 11.3. The topological polar surface area (TPSA) is 281 Å². The molecule has 0 bridgehead atoms. The van der Waals surface area contributed by atoms with Crippen LogP contribution in [0.5, 0.6) is 97.7 Å². The largest absolute Gasteiger partial charge is 0.506 e. The predicted molar refractivity (Wildman–Crippen MR) is 531 cm³/mol. The number of hydrogen-bond donors (Lipinski definition) is 1. The number of methoxy groups -OCH3 is 12. The van der Waals surface area contributed by atoms with E-state index in [1.54, 1.807) is 98.4 Å². The van der Waals surface area contributed by atoms with Crippen LogP contribution in [0, 0.1) is 0 Å². The first-order valence-electron chi connectivity index (χ1n) is 43.0. The Bertz CT molecular complexity index is 7090. The van der Waals surface area contributed by atoms with Gasteiger partial charge >= 0.3 is 5.63 Å². The second-order valence-electron chi connectivity index (χ2n) is 33.2. The zero-order valence-corrected chi connectivity index (χ0v) is 81.0. The maximum atomic E-state index is 13.1. The molecule has 0 saturated carbocycles. The fourth-order valence-electron chi connectivity index (χ4n) is 16.1. The second-order valence-corrected chi connectivity index (χ2v) is 33.2. The van der Waals surface area contributed by atoms with Gasteiger partial charge < -0.3 is 99.0 Å². The molecule has 0 aliphatic carbocycles. The van der Waals surface area contributed by atoms with Crippen LogP contribution < -0.4 is 98.0 Å². The molecule has 8 heterocycles. The van der Waals surface area contributed by atoms with E-state index >= 15 is 0 Å². The molecule has 26 nitrogen and oxygen atoms in total. The standard InChI is InChI=1S/C23H22O5.C18H19NO5.C17H19NO4.C17H21NO3.C17H20O3.C16H16O3/c1-5-13-6-8-14(9-7-13)18-20(24)19-17(27-22(18)25)12-16-15(21(19)26-4)10-11-23(2,3)28-16;1-19-11-9-7-6-8-10(11)14(20)12-13(19)16(22-3)18(24-5)17(23-4)15(12)21-2;1-10(2)9-12(19)14-16(22-5)11-7-6-8-13(21-4)15(11)18(3)17(14)20;1-11(2)9-10-13-16(21-5)12-7-6-8-14(20-4)15(12)18(3)17(13)19;1-11(2)6-8-13-15(18-4)10-16-14(17(13)19-5)9-7-12(3)20-16;1-10-5-6-11-13(18-10)9-14-12(15(11)17-4)7-8-16(2,3)19-14/h6-12,24H,5H2,1-4H3;6-9H,1-5H3;6-9H,1-5H3;6-9H,10H2,1-5H3;6-7,9-10H,3,8H2,1-2,4-5H3;5-9H,1H2,2-4H3. The van der Waals surface area contributed by atoms with Crippen molar-refractivity contribution in [1.82, 2.24) is 13.7 Å². The van der Waals surface area contributed by atoms with E-state index in [0.29, 0.717) is 130 Å². The molecule has 4 aliphatic rings. The van der Waals surface area contributed by atoms with Crippen molar-refractivity contribution < 1.29 is 90.1 Å². The molecule has 702 valence electrons. The molecule has 4 aliphatic heterocycles. The summed E-state index contributed by atoms with van der Waals surface area (Å²) < 4.78 is 99.5. The number of hydrogen-bond acceptors (Lipinski definition) is 23. The SMILES string of the molecule is C=C1C=Cc2c(cc(OC)c(CC=C(C)C)c2OC)O1.C=C1C=Cc2c(cc3c(c2OC)C=CC(C)(C)O3)O1.CCc1ccc(-c2c(O)c3c(OC)c4c(cc3oc2=O)OC(C)(C)C=C4)cc1.COc1c(C(=O)C=C(C)C)c(=O)n(C)c2c(OC)cccc12.COc1c(CC=C(C)C)c(=O)n(C)c2c(OC)cccc12.COc1c(OC)c(OC)c2c(c1OC)c(=O)c1ccccc1n2C. The molecule has 0 amide bonds. The summed E-state index contributed by atoms with van der Waals surface area (Å²) in [4.78, 5) is 63.5. The summed E-state index contributed by atoms with van der Waals surface area (Å²) in [5.74, 6) is 9.77. The van der Waals surface area contributed by atoms with Gasteiger partial charge in [-0.1, -0.05) is 97.5 Å². The van der Waals surface area contributed by atoms with Gasteiger partial charge in [0.1, 0.15) is 125 Å². The quantitative estimate of drug-likeness (QED) is 0.0244. The first kappa shape index (κ1) is 99.4. The molecule has 16 rings (SSSR count). The molecular formula is C108H117N3O23. The molecule has 1 N–H and O–H groups in total. The Balaban J connectivity index is 0.000000155. The van der Waals surface area contributed by atoms with Crippen molar-refractivity contribution in [3.05, 3.63) is 273 Å². The van der Waals surface area contributed by atoms with Gasteiger partial charge in [0.2, 0.25) is 16.9 Å². The van der Waals surface area contributed by atoms with Gasteiger partial charge in [-0.25, -0.2) is 4.79 Å². The van der Waals surface area contributed by atoms with Crippen molar-refractivity contribution in [3.8, 4) is 109 Å². The van der Waals surface area contributed by atoms with E-state index in [1.807, 2.05) is 181 Å². The number of carbonyl (C=O) groups is 1. The number of allylic oxidation sites excluding steroid dienone is 8.